The number of hydrogen-bond donors (Lipinski definition) is 1. The third-order valence-corrected chi connectivity index (χ3v) is 2.76. The van der Waals surface area contributed by atoms with E-state index < -0.39 is 11.9 Å². The molecule has 3 nitrogen and oxygen atoms in total. The number of nitrogens with zero attached hydrogens (tertiary/aromatic N) is 1. The maximum absolute atomic E-state index is 13.7. The second kappa shape index (κ2) is 5.80. The number of aliphatic hydroxyl groups excluding tert-OH is 1. The van der Waals surface area contributed by atoms with Gasteiger partial charge >= 0.3 is 0 Å². The van der Waals surface area contributed by atoms with Gasteiger partial charge in [-0.3, -0.25) is 4.98 Å². The van der Waals surface area contributed by atoms with Crippen LogP contribution in [0.25, 0.3) is 0 Å². The summed E-state index contributed by atoms with van der Waals surface area (Å²) < 4.78 is 19.2. The summed E-state index contributed by atoms with van der Waals surface area (Å²) in [6.45, 7) is 3.79. The van der Waals surface area contributed by atoms with Gasteiger partial charge in [-0.15, -0.1) is 0 Å². The van der Waals surface area contributed by atoms with E-state index in [-0.39, 0.29) is 12.4 Å². The minimum absolute atomic E-state index is 0.172. The van der Waals surface area contributed by atoms with E-state index in [4.69, 9.17) is 4.74 Å². The summed E-state index contributed by atoms with van der Waals surface area (Å²) >= 11 is 0. The van der Waals surface area contributed by atoms with Gasteiger partial charge in [-0.25, -0.2) is 4.39 Å². The zero-order valence-electron chi connectivity index (χ0n) is 10.9. The highest BCUT2D eigenvalue weighted by atomic mass is 19.1. The van der Waals surface area contributed by atoms with Crippen LogP contribution in [0.3, 0.4) is 0 Å². The Labute approximate surface area is 111 Å². The molecule has 1 aromatic carbocycles. The van der Waals surface area contributed by atoms with E-state index in [1.165, 1.54) is 12.1 Å². The van der Waals surface area contributed by atoms with Gasteiger partial charge in [0, 0.05) is 18.0 Å². The fourth-order valence-corrected chi connectivity index (χ4v) is 1.75. The summed E-state index contributed by atoms with van der Waals surface area (Å²) in [4.78, 5) is 4.05. The average molecular weight is 261 g/mol. The van der Waals surface area contributed by atoms with Crippen molar-refractivity contribution in [3.63, 3.8) is 0 Å². The standard InChI is InChI=1S/C15H16FNO2/c1-10-5-12(8-17-7-10)9-19-15-4-3-13(11(2)18)6-14(15)16/h3-8,11,18H,9H2,1-2H3. The smallest absolute Gasteiger partial charge is 0.165 e. The van der Waals surface area contributed by atoms with Crippen LogP contribution >= 0.6 is 0 Å². The van der Waals surface area contributed by atoms with Gasteiger partial charge in [-0.1, -0.05) is 6.07 Å². The highest BCUT2D eigenvalue weighted by Crippen LogP contribution is 2.22. The van der Waals surface area contributed by atoms with Crippen molar-refractivity contribution in [3.05, 3.63) is 59.2 Å². The highest BCUT2D eigenvalue weighted by molar-refractivity contribution is 5.30. The Morgan fingerprint density at radius 3 is 2.74 bits per heavy atom. The van der Waals surface area contributed by atoms with Crippen molar-refractivity contribution in [1.82, 2.24) is 4.98 Å². The lowest BCUT2D eigenvalue weighted by Gasteiger charge is -2.10. The molecule has 0 radical (unpaired) electrons. The van der Waals surface area contributed by atoms with E-state index in [1.54, 1.807) is 25.4 Å². The van der Waals surface area contributed by atoms with Gasteiger partial charge in [0.25, 0.3) is 0 Å². The SMILES string of the molecule is Cc1cncc(COc2ccc(C(C)O)cc2F)c1. The Kier molecular flexibility index (Phi) is 4.12. The molecule has 1 heterocycles. The summed E-state index contributed by atoms with van der Waals surface area (Å²) in [6, 6.07) is 6.40. The molecular formula is C15H16FNO2. The third-order valence-electron chi connectivity index (χ3n) is 2.76. The highest BCUT2D eigenvalue weighted by Gasteiger charge is 2.08. The van der Waals surface area contributed by atoms with E-state index in [1.807, 2.05) is 13.0 Å². The van der Waals surface area contributed by atoms with Crippen LogP contribution in [-0.4, -0.2) is 10.1 Å². The topological polar surface area (TPSA) is 42.4 Å². The molecule has 100 valence electrons. The fraction of sp³-hybridized carbons (Fsp3) is 0.267. The van der Waals surface area contributed by atoms with Crippen LogP contribution in [0.2, 0.25) is 0 Å². The number of aliphatic hydroxyl groups is 1. The largest absolute Gasteiger partial charge is 0.486 e. The zero-order chi connectivity index (χ0) is 13.8. The maximum atomic E-state index is 13.7. The molecule has 0 saturated carbocycles. The Morgan fingerprint density at radius 2 is 2.11 bits per heavy atom. The number of ether oxygens (including phenoxy) is 1. The van der Waals surface area contributed by atoms with Crippen molar-refractivity contribution in [2.75, 3.05) is 0 Å². The first kappa shape index (κ1) is 13.5. The molecule has 1 N–H and O–H groups in total. The Morgan fingerprint density at radius 1 is 1.32 bits per heavy atom. The summed E-state index contributed by atoms with van der Waals surface area (Å²) in [5, 5.41) is 9.36. The molecule has 1 aromatic heterocycles. The predicted molar refractivity (Wildman–Crippen MR) is 70.3 cm³/mol. The van der Waals surface area contributed by atoms with Gasteiger partial charge in [0.05, 0.1) is 6.10 Å². The molecule has 0 aliphatic carbocycles. The fourth-order valence-electron chi connectivity index (χ4n) is 1.75. The molecule has 1 atom stereocenters. The Bertz CT molecular complexity index is 570. The molecule has 1 unspecified atom stereocenters. The Hall–Kier alpha value is -1.94. The number of hydrogen-bond acceptors (Lipinski definition) is 3. The number of benzene rings is 1. The van der Waals surface area contributed by atoms with Gasteiger partial charge in [0.15, 0.2) is 11.6 Å². The summed E-state index contributed by atoms with van der Waals surface area (Å²) in [5.41, 5.74) is 2.45. The van der Waals surface area contributed by atoms with E-state index in [0.29, 0.717) is 5.56 Å². The number of pyridine rings is 1. The molecule has 0 bridgehead atoms. The molecule has 0 aliphatic rings. The molecule has 0 amide bonds. The van der Waals surface area contributed by atoms with Gasteiger partial charge in [-0.05, 0) is 43.2 Å². The monoisotopic (exact) mass is 261 g/mol. The number of rotatable bonds is 4. The zero-order valence-corrected chi connectivity index (χ0v) is 10.9. The first-order valence-corrected chi connectivity index (χ1v) is 6.07. The molecule has 2 aromatic rings. The first-order valence-electron chi connectivity index (χ1n) is 6.07. The van der Waals surface area contributed by atoms with Crippen molar-refractivity contribution in [2.24, 2.45) is 0 Å². The summed E-state index contributed by atoms with van der Waals surface area (Å²) in [5.74, 6) is -0.301. The van der Waals surface area contributed by atoms with Crippen molar-refractivity contribution in [1.29, 1.82) is 0 Å². The van der Waals surface area contributed by atoms with Crippen LogP contribution in [0.1, 0.15) is 29.7 Å². The lowest BCUT2D eigenvalue weighted by Crippen LogP contribution is -2.00. The molecule has 2 rings (SSSR count). The van der Waals surface area contributed by atoms with E-state index in [0.717, 1.165) is 11.1 Å². The lowest BCUT2D eigenvalue weighted by molar-refractivity contribution is 0.198. The molecular weight excluding hydrogens is 245 g/mol. The van der Waals surface area contributed by atoms with Crippen LogP contribution in [0.4, 0.5) is 4.39 Å². The summed E-state index contributed by atoms with van der Waals surface area (Å²) in [7, 11) is 0. The van der Waals surface area contributed by atoms with Crippen molar-refractivity contribution in [2.45, 2.75) is 26.6 Å². The van der Waals surface area contributed by atoms with Crippen molar-refractivity contribution < 1.29 is 14.2 Å². The number of aromatic nitrogens is 1. The normalized spacial score (nSPS) is 12.2. The predicted octanol–water partition coefficient (Wildman–Crippen LogP) is 3.16. The van der Waals surface area contributed by atoms with Gasteiger partial charge in [0.2, 0.25) is 0 Å². The summed E-state index contributed by atoms with van der Waals surface area (Å²) in [6.07, 6.45) is 2.75. The Balaban J connectivity index is 2.07. The molecule has 4 heteroatoms. The molecule has 0 saturated heterocycles. The van der Waals surface area contributed by atoms with Crippen LogP contribution in [0, 0.1) is 12.7 Å². The molecule has 19 heavy (non-hydrogen) atoms. The molecule has 0 spiro atoms. The quantitative estimate of drug-likeness (QED) is 0.919. The minimum Gasteiger partial charge on any atom is -0.486 e. The van der Waals surface area contributed by atoms with Gasteiger partial charge < -0.3 is 9.84 Å². The van der Waals surface area contributed by atoms with Crippen LogP contribution < -0.4 is 4.74 Å². The first-order chi connectivity index (χ1) is 9.06. The lowest BCUT2D eigenvalue weighted by atomic mass is 10.1. The van der Waals surface area contributed by atoms with E-state index >= 15 is 0 Å². The second-order valence-electron chi connectivity index (χ2n) is 4.53. The number of aryl methyl sites for hydroxylation is 1. The van der Waals surface area contributed by atoms with Crippen LogP contribution in [0.5, 0.6) is 5.75 Å². The van der Waals surface area contributed by atoms with Crippen molar-refractivity contribution >= 4 is 0 Å². The molecule has 0 aliphatic heterocycles. The van der Waals surface area contributed by atoms with Gasteiger partial charge in [0.1, 0.15) is 6.61 Å². The molecule has 0 fully saturated rings. The van der Waals surface area contributed by atoms with Gasteiger partial charge in [-0.2, -0.15) is 0 Å². The van der Waals surface area contributed by atoms with Crippen molar-refractivity contribution in [3.8, 4) is 5.75 Å². The van der Waals surface area contributed by atoms with Crippen LogP contribution in [-0.2, 0) is 6.61 Å². The number of halogens is 1. The van der Waals surface area contributed by atoms with Crippen LogP contribution in [0.15, 0.2) is 36.7 Å². The minimum atomic E-state index is -0.690. The van der Waals surface area contributed by atoms with E-state index in [2.05, 4.69) is 4.98 Å². The maximum Gasteiger partial charge on any atom is 0.165 e. The third kappa shape index (κ3) is 3.51. The second-order valence-corrected chi connectivity index (χ2v) is 4.53. The van der Waals surface area contributed by atoms with E-state index in [9.17, 15) is 9.50 Å². The average Bonchev–Trinajstić information content (AvgIpc) is 2.37.